The van der Waals surface area contributed by atoms with Gasteiger partial charge in [0.2, 0.25) is 0 Å². The van der Waals surface area contributed by atoms with Crippen molar-refractivity contribution in [2.45, 2.75) is 58.7 Å². The molecule has 0 bridgehead atoms. The van der Waals surface area contributed by atoms with Crippen molar-refractivity contribution in [1.29, 1.82) is 0 Å². The van der Waals surface area contributed by atoms with E-state index in [0.717, 1.165) is 67.1 Å². The van der Waals surface area contributed by atoms with Crippen molar-refractivity contribution < 1.29 is 14.3 Å². The average Bonchev–Trinajstić information content (AvgIpc) is 3.30. The van der Waals surface area contributed by atoms with Crippen molar-refractivity contribution in [1.82, 2.24) is 25.0 Å². The first-order valence-electron chi connectivity index (χ1n) is 12.6. The van der Waals surface area contributed by atoms with E-state index in [9.17, 15) is 4.79 Å². The van der Waals surface area contributed by atoms with Crippen molar-refractivity contribution in [2.24, 2.45) is 0 Å². The Hall–Kier alpha value is -2.97. The Morgan fingerprint density at radius 3 is 2.89 bits per heavy atom. The van der Waals surface area contributed by atoms with Gasteiger partial charge in [-0.25, -0.2) is 9.67 Å². The van der Waals surface area contributed by atoms with Gasteiger partial charge in [0.1, 0.15) is 12.4 Å². The smallest absolute Gasteiger partial charge is 0.252 e. The summed E-state index contributed by atoms with van der Waals surface area (Å²) in [6, 6.07) is 10.5. The maximum Gasteiger partial charge on any atom is 0.252 e. The van der Waals surface area contributed by atoms with Gasteiger partial charge in [0.25, 0.3) is 5.91 Å². The molecule has 2 aromatic heterocycles. The number of fused-ring (bicyclic) bond motifs is 1. The standard InChI is InChI=1S/C27H37N5O3/c1-5-20(3)32-26-25(18-29-32)24(15-19(2)30-26)27(33)28-17-21-7-6-8-23(16-21)35-14-11-31(4)22-9-12-34-13-10-22/h6-8,15-16,18,20,22H,5,9-14,17H2,1-4H3,(H,28,33). The molecule has 1 amide bonds. The van der Waals surface area contributed by atoms with E-state index in [-0.39, 0.29) is 11.9 Å². The lowest BCUT2D eigenvalue weighted by atomic mass is 10.1. The minimum atomic E-state index is -0.131. The van der Waals surface area contributed by atoms with Gasteiger partial charge in [-0.15, -0.1) is 0 Å². The Bertz CT molecular complexity index is 1140. The molecule has 3 heterocycles. The van der Waals surface area contributed by atoms with Gasteiger partial charge in [0.15, 0.2) is 5.65 Å². The quantitative estimate of drug-likeness (QED) is 0.471. The van der Waals surface area contributed by atoms with Crippen molar-refractivity contribution in [2.75, 3.05) is 33.4 Å². The van der Waals surface area contributed by atoms with Gasteiger partial charge in [0.05, 0.1) is 23.2 Å². The molecule has 35 heavy (non-hydrogen) atoms. The number of aryl methyl sites for hydroxylation is 1. The third-order valence-corrected chi connectivity index (χ3v) is 6.83. The van der Waals surface area contributed by atoms with Crippen LogP contribution in [0.1, 0.15) is 60.8 Å². The molecule has 0 aliphatic carbocycles. The SMILES string of the molecule is CCC(C)n1ncc2c(C(=O)NCc3cccc(OCCN(C)C4CCOCC4)c3)cc(C)nc21. The number of hydrogen-bond acceptors (Lipinski definition) is 6. The lowest BCUT2D eigenvalue weighted by Gasteiger charge is -2.31. The number of hydrogen-bond donors (Lipinski definition) is 1. The Morgan fingerprint density at radius 2 is 2.11 bits per heavy atom. The summed E-state index contributed by atoms with van der Waals surface area (Å²) in [6.07, 6.45) is 4.84. The Morgan fingerprint density at radius 1 is 1.31 bits per heavy atom. The van der Waals surface area contributed by atoms with E-state index in [4.69, 9.17) is 9.47 Å². The predicted molar refractivity (Wildman–Crippen MR) is 137 cm³/mol. The number of pyridine rings is 1. The number of nitrogens with one attached hydrogen (secondary N) is 1. The molecule has 1 aliphatic heterocycles. The Labute approximate surface area is 207 Å². The Balaban J connectivity index is 1.35. The third kappa shape index (κ3) is 6.18. The summed E-state index contributed by atoms with van der Waals surface area (Å²) in [5, 5.41) is 8.33. The Kier molecular flexibility index (Phi) is 8.36. The molecule has 1 aliphatic rings. The maximum absolute atomic E-state index is 13.1. The molecule has 8 nitrogen and oxygen atoms in total. The minimum absolute atomic E-state index is 0.131. The van der Waals surface area contributed by atoms with Crippen LogP contribution in [0.15, 0.2) is 36.5 Å². The van der Waals surface area contributed by atoms with E-state index in [1.54, 1.807) is 6.20 Å². The van der Waals surface area contributed by atoms with Crippen LogP contribution in [0.3, 0.4) is 0 Å². The molecule has 1 N–H and O–H groups in total. The van der Waals surface area contributed by atoms with Crippen LogP contribution in [0.5, 0.6) is 5.75 Å². The fourth-order valence-electron chi connectivity index (χ4n) is 4.47. The highest BCUT2D eigenvalue weighted by Gasteiger charge is 2.19. The van der Waals surface area contributed by atoms with E-state index in [1.165, 1.54) is 0 Å². The lowest BCUT2D eigenvalue weighted by Crippen LogP contribution is -2.38. The molecule has 4 rings (SSSR count). The lowest BCUT2D eigenvalue weighted by molar-refractivity contribution is 0.0392. The van der Waals surface area contributed by atoms with Crippen LogP contribution < -0.4 is 10.1 Å². The summed E-state index contributed by atoms with van der Waals surface area (Å²) in [7, 11) is 2.15. The maximum atomic E-state index is 13.1. The molecule has 1 aromatic carbocycles. The normalized spacial score (nSPS) is 15.5. The van der Waals surface area contributed by atoms with Crippen LogP contribution in [0.4, 0.5) is 0 Å². The van der Waals surface area contributed by atoms with Crippen LogP contribution in [0.2, 0.25) is 0 Å². The molecule has 8 heteroatoms. The predicted octanol–water partition coefficient (Wildman–Crippen LogP) is 4.13. The van der Waals surface area contributed by atoms with Gasteiger partial charge in [0, 0.05) is 38.0 Å². The first-order valence-corrected chi connectivity index (χ1v) is 12.6. The van der Waals surface area contributed by atoms with Crippen LogP contribution in [-0.2, 0) is 11.3 Å². The van der Waals surface area contributed by atoms with E-state index in [1.807, 2.05) is 41.9 Å². The number of amides is 1. The fraction of sp³-hybridized carbons (Fsp3) is 0.519. The summed E-state index contributed by atoms with van der Waals surface area (Å²) in [5.74, 6) is 0.683. The summed E-state index contributed by atoms with van der Waals surface area (Å²) < 4.78 is 13.4. The highest BCUT2D eigenvalue weighted by Crippen LogP contribution is 2.22. The summed E-state index contributed by atoms with van der Waals surface area (Å²) in [6.45, 7) is 9.72. The number of carbonyl (C=O) groups excluding carboxylic acids is 1. The third-order valence-electron chi connectivity index (χ3n) is 6.83. The average molecular weight is 480 g/mol. The summed E-state index contributed by atoms with van der Waals surface area (Å²) >= 11 is 0. The second-order valence-corrected chi connectivity index (χ2v) is 9.40. The zero-order valence-electron chi connectivity index (χ0n) is 21.3. The molecule has 1 atom stereocenters. The van der Waals surface area contributed by atoms with Gasteiger partial charge >= 0.3 is 0 Å². The molecule has 0 spiro atoms. The van der Waals surface area contributed by atoms with Gasteiger partial charge in [-0.3, -0.25) is 9.69 Å². The van der Waals surface area contributed by atoms with Crippen molar-refractivity contribution in [3.8, 4) is 5.75 Å². The van der Waals surface area contributed by atoms with Gasteiger partial charge in [-0.2, -0.15) is 5.10 Å². The summed E-state index contributed by atoms with van der Waals surface area (Å²) in [5.41, 5.74) is 3.15. The van der Waals surface area contributed by atoms with Crippen LogP contribution in [0, 0.1) is 6.92 Å². The molecule has 0 saturated carbocycles. The molecular weight excluding hydrogens is 442 g/mol. The fourth-order valence-corrected chi connectivity index (χ4v) is 4.47. The van der Waals surface area contributed by atoms with E-state index < -0.39 is 0 Å². The van der Waals surface area contributed by atoms with Crippen molar-refractivity contribution in [3.05, 3.63) is 53.3 Å². The molecule has 1 saturated heterocycles. The highest BCUT2D eigenvalue weighted by atomic mass is 16.5. The molecule has 1 fully saturated rings. The minimum Gasteiger partial charge on any atom is -0.492 e. The number of ether oxygens (including phenoxy) is 2. The molecule has 1 unspecified atom stereocenters. The number of nitrogens with zero attached hydrogens (tertiary/aromatic N) is 4. The van der Waals surface area contributed by atoms with E-state index >= 15 is 0 Å². The zero-order valence-corrected chi connectivity index (χ0v) is 21.3. The van der Waals surface area contributed by atoms with E-state index in [0.29, 0.717) is 24.8 Å². The second-order valence-electron chi connectivity index (χ2n) is 9.40. The second kappa shape index (κ2) is 11.6. The molecule has 188 valence electrons. The number of carbonyl (C=O) groups is 1. The monoisotopic (exact) mass is 479 g/mol. The number of benzene rings is 1. The van der Waals surface area contributed by atoms with Crippen molar-refractivity contribution in [3.63, 3.8) is 0 Å². The number of likely N-dealkylation sites (N-methyl/N-ethyl adjacent to an activating group) is 1. The van der Waals surface area contributed by atoms with E-state index in [2.05, 4.69) is 41.2 Å². The largest absolute Gasteiger partial charge is 0.492 e. The molecular formula is C27H37N5O3. The first-order chi connectivity index (χ1) is 17.0. The molecule has 0 radical (unpaired) electrons. The first kappa shape index (κ1) is 25.1. The topological polar surface area (TPSA) is 81.5 Å². The van der Waals surface area contributed by atoms with Gasteiger partial charge in [-0.1, -0.05) is 19.1 Å². The summed E-state index contributed by atoms with van der Waals surface area (Å²) in [4.78, 5) is 20.1. The molecule has 3 aromatic rings. The van der Waals surface area contributed by atoms with Crippen LogP contribution in [-0.4, -0.2) is 65.0 Å². The van der Waals surface area contributed by atoms with Crippen LogP contribution >= 0.6 is 0 Å². The highest BCUT2D eigenvalue weighted by molar-refractivity contribution is 6.05. The van der Waals surface area contributed by atoms with Crippen molar-refractivity contribution >= 4 is 16.9 Å². The number of aromatic nitrogens is 3. The van der Waals surface area contributed by atoms with Gasteiger partial charge < -0.3 is 14.8 Å². The number of rotatable bonds is 10. The van der Waals surface area contributed by atoms with Gasteiger partial charge in [-0.05, 0) is 63.9 Å². The zero-order chi connectivity index (χ0) is 24.8. The van der Waals surface area contributed by atoms with Crippen LogP contribution in [0.25, 0.3) is 11.0 Å².